The monoisotopic (exact) mass is 347 g/mol. The van der Waals surface area contributed by atoms with E-state index in [9.17, 15) is 14.4 Å². The van der Waals surface area contributed by atoms with Crippen molar-refractivity contribution < 1.29 is 23.9 Å². The molecule has 1 amide bonds. The molecule has 120 valence electrons. The molecule has 22 heavy (non-hydrogen) atoms. The molecule has 0 unspecified atom stereocenters. The van der Waals surface area contributed by atoms with Crippen LogP contribution in [0.25, 0.3) is 0 Å². The second-order valence-electron chi connectivity index (χ2n) is 4.25. The molecule has 0 aliphatic heterocycles. The molecule has 0 aliphatic rings. The number of benzene rings is 1. The van der Waals surface area contributed by atoms with Crippen LogP contribution in [0.4, 0.5) is 0 Å². The number of esters is 2. The van der Waals surface area contributed by atoms with Crippen molar-refractivity contribution in [1.82, 2.24) is 4.90 Å². The highest BCUT2D eigenvalue weighted by atomic mass is 35.5. The van der Waals surface area contributed by atoms with Crippen LogP contribution in [0.15, 0.2) is 18.2 Å². The number of nitrogens with zero attached hydrogens (tertiary/aromatic N) is 1. The Labute approximate surface area is 137 Å². The van der Waals surface area contributed by atoms with E-state index in [2.05, 4.69) is 9.47 Å². The molecule has 0 N–H and O–H groups in total. The summed E-state index contributed by atoms with van der Waals surface area (Å²) in [7, 11) is 2.44. The number of hydrogen-bond acceptors (Lipinski definition) is 5. The van der Waals surface area contributed by atoms with E-state index in [1.165, 1.54) is 26.4 Å². The maximum absolute atomic E-state index is 12.5. The van der Waals surface area contributed by atoms with Crippen LogP contribution in [0.1, 0.15) is 16.8 Å². The number of methoxy groups -OCH3 is 2. The SMILES string of the molecule is COC(=O)CCN(CC(=O)OC)C(=O)c1cc(Cl)ccc1Cl. The molecule has 1 rings (SSSR count). The normalized spacial score (nSPS) is 10.0. The van der Waals surface area contributed by atoms with Gasteiger partial charge in [-0.25, -0.2) is 0 Å². The van der Waals surface area contributed by atoms with E-state index >= 15 is 0 Å². The zero-order valence-electron chi connectivity index (χ0n) is 12.1. The Hall–Kier alpha value is -1.79. The molecule has 0 aromatic heterocycles. The quantitative estimate of drug-likeness (QED) is 0.737. The predicted octanol–water partition coefficient (Wildman–Crippen LogP) is 2.17. The molecule has 1 aromatic rings. The van der Waals surface area contributed by atoms with Crippen LogP contribution in [0.5, 0.6) is 0 Å². The van der Waals surface area contributed by atoms with Gasteiger partial charge in [0.2, 0.25) is 0 Å². The number of ether oxygens (including phenoxy) is 2. The highest BCUT2D eigenvalue weighted by Crippen LogP contribution is 2.22. The van der Waals surface area contributed by atoms with Crippen molar-refractivity contribution in [2.75, 3.05) is 27.3 Å². The summed E-state index contributed by atoms with van der Waals surface area (Å²) in [5, 5.41) is 0.529. The summed E-state index contributed by atoms with van der Waals surface area (Å²) in [6.45, 7) is -0.321. The molecule has 1 aromatic carbocycles. The molecular weight excluding hydrogens is 333 g/mol. The second-order valence-corrected chi connectivity index (χ2v) is 5.10. The second kappa shape index (κ2) is 8.60. The number of hydrogen-bond donors (Lipinski definition) is 0. The van der Waals surface area contributed by atoms with Crippen LogP contribution in [0, 0.1) is 0 Å². The van der Waals surface area contributed by atoms with Crippen molar-refractivity contribution >= 4 is 41.0 Å². The van der Waals surface area contributed by atoms with Crippen molar-refractivity contribution in [1.29, 1.82) is 0 Å². The molecule has 0 fully saturated rings. The maximum Gasteiger partial charge on any atom is 0.325 e. The van der Waals surface area contributed by atoms with Gasteiger partial charge in [-0.2, -0.15) is 0 Å². The van der Waals surface area contributed by atoms with Gasteiger partial charge in [-0.1, -0.05) is 23.2 Å². The van der Waals surface area contributed by atoms with E-state index in [0.29, 0.717) is 5.02 Å². The number of carbonyl (C=O) groups is 3. The third kappa shape index (κ3) is 5.20. The molecule has 0 bridgehead atoms. The van der Waals surface area contributed by atoms with Crippen LogP contribution in [-0.4, -0.2) is 50.1 Å². The Balaban J connectivity index is 2.97. The molecule has 0 atom stereocenters. The minimum absolute atomic E-state index is 0.0105. The first-order valence-electron chi connectivity index (χ1n) is 6.27. The standard InChI is InChI=1S/C14H15Cl2NO5/c1-21-12(18)5-6-17(8-13(19)22-2)14(20)10-7-9(15)3-4-11(10)16/h3-4,7H,5-6,8H2,1-2H3. The van der Waals surface area contributed by atoms with E-state index in [1.54, 1.807) is 6.07 Å². The molecule has 8 heteroatoms. The number of rotatable bonds is 6. The first-order chi connectivity index (χ1) is 10.4. The number of carbonyl (C=O) groups excluding carboxylic acids is 3. The number of amides is 1. The van der Waals surface area contributed by atoms with Crippen molar-refractivity contribution in [3.8, 4) is 0 Å². The molecule has 0 heterocycles. The van der Waals surface area contributed by atoms with Gasteiger partial charge in [-0.3, -0.25) is 14.4 Å². The largest absolute Gasteiger partial charge is 0.469 e. The lowest BCUT2D eigenvalue weighted by atomic mass is 10.2. The van der Waals surface area contributed by atoms with E-state index in [-0.39, 0.29) is 30.1 Å². The Morgan fingerprint density at radius 2 is 1.73 bits per heavy atom. The molecule has 0 aliphatic carbocycles. The smallest absolute Gasteiger partial charge is 0.325 e. The van der Waals surface area contributed by atoms with Gasteiger partial charge in [-0.15, -0.1) is 0 Å². The van der Waals surface area contributed by atoms with Crippen LogP contribution in [-0.2, 0) is 19.1 Å². The summed E-state index contributed by atoms with van der Waals surface area (Å²) in [6.07, 6.45) is -0.0581. The lowest BCUT2D eigenvalue weighted by Gasteiger charge is -2.21. The lowest BCUT2D eigenvalue weighted by Crippen LogP contribution is -2.38. The van der Waals surface area contributed by atoms with Gasteiger partial charge in [-0.05, 0) is 18.2 Å². The maximum atomic E-state index is 12.5. The van der Waals surface area contributed by atoms with Crippen molar-refractivity contribution in [3.05, 3.63) is 33.8 Å². The number of halogens is 2. The highest BCUT2D eigenvalue weighted by Gasteiger charge is 2.22. The Kier molecular flexibility index (Phi) is 7.14. The Bertz CT molecular complexity index is 576. The molecule has 0 spiro atoms. The van der Waals surface area contributed by atoms with Crippen LogP contribution < -0.4 is 0 Å². The molecular formula is C14H15Cl2NO5. The van der Waals surface area contributed by atoms with Crippen LogP contribution in [0.3, 0.4) is 0 Å². The van der Waals surface area contributed by atoms with Crippen LogP contribution in [0.2, 0.25) is 10.0 Å². The minimum atomic E-state index is -0.614. The molecule has 0 saturated heterocycles. The van der Waals surface area contributed by atoms with E-state index in [1.807, 2.05) is 0 Å². The Morgan fingerprint density at radius 3 is 2.32 bits per heavy atom. The van der Waals surface area contributed by atoms with Gasteiger partial charge in [0.1, 0.15) is 6.54 Å². The zero-order chi connectivity index (χ0) is 16.7. The fourth-order valence-electron chi connectivity index (χ4n) is 1.63. The predicted molar refractivity (Wildman–Crippen MR) is 81.0 cm³/mol. The van der Waals surface area contributed by atoms with Crippen molar-refractivity contribution in [3.63, 3.8) is 0 Å². The van der Waals surface area contributed by atoms with E-state index in [4.69, 9.17) is 23.2 Å². The zero-order valence-corrected chi connectivity index (χ0v) is 13.6. The van der Waals surface area contributed by atoms with Gasteiger partial charge >= 0.3 is 11.9 Å². The van der Waals surface area contributed by atoms with Gasteiger partial charge in [0.25, 0.3) is 5.91 Å². The van der Waals surface area contributed by atoms with Crippen LogP contribution >= 0.6 is 23.2 Å². The van der Waals surface area contributed by atoms with Gasteiger partial charge in [0.15, 0.2) is 0 Å². The minimum Gasteiger partial charge on any atom is -0.469 e. The summed E-state index contributed by atoms with van der Waals surface area (Å²) < 4.78 is 9.07. The van der Waals surface area contributed by atoms with Gasteiger partial charge < -0.3 is 14.4 Å². The summed E-state index contributed by atoms with van der Waals surface area (Å²) in [5.41, 5.74) is 0.142. The summed E-state index contributed by atoms with van der Waals surface area (Å²) in [4.78, 5) is 36.3. The molecule has 6 nitrogen and oxygen atoms in total. The third-order valence-electron chi connectivity index (χ3n) is 2.81. The summed E-state index contributed by atoms with van der Waals surface area (Å²) >= 11 is 11.8. The summed E-state index contributed by atoms with van der Waals surface area (Å²) in [6, 6.07) is 4.42. The summed E-state index contributed by atoms with van der Waals surface area (Å²) in [5.74, 6) is -1.64. The first-order valence-corrected chi connectivity index (χ1v) is 7.02. The lowest BCUT2D eigenvalue weighted by molar-refractivity contribution is -0.143. The van der Waals surface area contributed by atoms with E-state index in [0.717, 1.165) is 4.90 Å². The topological polar surface area (TPSA) is 72.9 Å². The average molecular weight is 348 g/mol. The molecule has 0 radical (unpaired) electrons. The molecule has 0 saturated carbocycles. The Morgan fingerprint density at radius 1 is 1.09 bits per heavy atom. The average Bonchev–Trinajstić information content (AvgIpc) is 2.52. The fraction of sp³-hybridized carbons (Fsp3) is 0.357. The third-order valence-corrected chi connectivity index (χ3v) is 3.37. The van der Waals surface area contributed by atoms with Gasteiger partial charge in [0, 0.05) is 11.6 Å². The highest BCUT2D eigenvalue weighted by molar-refractivity contribution is 6.35. The van der Waals surface area contributed by atoms with Crippen molar-refractivity contribution in [2.24, 2.45) is 0 Å². The first kappa shape index (κ1) is 18.3. The van der Waals surface area contributed by atoms with Gasteiger partial charge in [0.05, 0.1) is 31.2 Å². The van der Waals surface area contributed by atoms with E-state index < -0.39 is 17.8 Å². The fourth-order valence-corrected chi connectivity index (χ4v) is 2.00. The van der Waals surface area contributed by atoms with Crippen molar-refractivity contribution in [2.45, 2.75) is 6.42 Å².